The van der Waals surface area contributed by atoms with E-state index >= 15 is 0 Å². The summed E-state index contributed by atoms with van der Waals surface area (Å²) in [6.45, 7) is 9.41. The van der Waals surface area contributed by atoms with E-state index in [1.807, 2.05) is 0 Å². The molecule has 7 heteroatoms. The van der Waals surface area contributed by atoms with Crippen molar-refractivity contribution < 1.29 is 0 Å². The standard InChI is InChI=1S/C21H35N5O2/c1-5-6-7-8-9-10-11-26-17-18(24(4)21(28)23-19(17)27)22-20(26)25-13-15(2)12-16(3)14-25/h15-16H,5-14H2,1-4H3,(H,23,27,28)/t15-,16+. The lowest BCUT2D eigenvalue weighted by Crippen LogP contribution is -2.40. The van der Waals surface area contributed by atoms with Crippen molar-refractivity contribution in [2.24, 2.45) is 18.9 Å². The van der Waals surface area contributed by atoms with Gasteiger partial charge in [0.25, 0.3) is 5.56 Å². The van der Waals surface area contributed by atoms with Crippen molar-refractivity contribution in [1.29, 1.82) is 0 Å². The molecule has 2 atom stereocenters. The quantitative estimate of drug-likeness (QED) is 0.703. The third kappa shape index (κ3) is 4.33. The Morgan fingerprint density at radius 2 is 1.68 bits per heavy atom. The van der Waals surface area contributed by atoms with Crippen LogP contribution in [-0.4, -0.2) is 32.2 Å². The van der Waals surface area contributed by atoms with Crippen molar-refractivity contribution >= 4 is 17.1 Å². The van der Waals surface area contributed by atoms with Crippen LogP contribution >= 0.6 is 0 Å². The highest BCUT2D eigenvalue weighted by Crippen LogP contribution is 2.28. The molecule has 3 rings (SSSR count). The maximum atomic E-state index is 12.6. The van der Waals surface area contributed by atoms with Gasteiger partial charge in [0.1, 0.15) is 0 Å². The number of hydrogen-bond acceptors (Lipinski definition) is 4. The number of H-pyrrole nitrogens is 1. The number of aromatic nitrogens is 4. The maximum Gasteiger partial charge on any atom is 0.329 e. The number of anilines is 1. The van der Waals surface area contributed by atoms with E-state index in [2.05, 4.69) is 35.2 Å². The first-order valence-corrected chi connectivity index (χ1v) is 10.9. The van der Waals surface area contributed by atoms with Crippen LogP contribution in [0.25, 0.3) is 11.2 Å². The Bertz CT molecular complexity index is 900. The van der Waals surface area contributed by atoms with Crippen molar-refractivity contribution in [2.45, 2.75) is 72.3 Å². The fourth-order valence-electron chi connectivity index (χ4n) is 4.55. The summed E-state index contributed by atoms with van der Waals surface area (Å²) in [5.41, 5.74) is 0.270. The molecule has 0 aromatic carbocycles. The van der Waals surface area contributed by atoms with Gasteiger partial charge < -0.3 is 9.47 Å². The van der Waals surface area contributed by atoms with Crippen LogP contribution in [0.1, 0.15) is 65.7 Å². The Morgan fingerprint density at radius 3 is 2.36 bits per heavy atom. The Hall–Kier alpha value is -2.05. The molecule has 1 aliphatic heterocycles. The first-order valence-electron chi connectivity index (χ1n) is 10.9. The molecule has 1 saturated heterocycles. The van der Waals surface area contributed by atoms with Crippen molar-refractivity contribution in [1.82, 2.24) is 19.1 Å². The van der Waals surface area contributed by atoms with Crippen molar-refractivity contribution in [2.75, 3.05) is 18.0 Å². The van der Waals surface area contributed by atoms with Gasteiger partial charge in [-0.25, -0.2) is 4.79 Å². The summed E-state index contributed by atoms with van der Waals surface area (Å²) in [7, 11) is 1.67. The average molecular weight is 390 g/mol. The fourth-order valence-corrected chi connectivity index (χ4v) is 4.55. The van der Waals surface area contributed by atoms with Gasteiger partial charge in [-0.1, -0.05) is 52.9 Å². The molecule has 2 aromatic rings. The first kappa shape index (κ1) is 20.7. The third-order valence-corrected chi connectivity index (χ3v) is 5.87. The fraction of sp³-hybridized carbons (Fsp3) is 0.762. The number of nitrogens with one attached hydrogen (secondary N) is 1. The summed E-state index contributed by atoms with van der Waals surface area (Å²) >= 11 is 0. The van der Waals surface area contributed by atoms with Crippen LogP contribution in [-0.2, 0) is 13.6 Å². The minimum Gasteiger partial charge on any atom is -0.342 e. The minimum absolute atomic E-state index is 0.332. The molecule has 7 nitrogen and oxygen atoms in total. The van der Waals surface area contributed by atoms with Crippen LogP contribution in [0.15, 0.2) is 9.59 Å². The second-order valence-corrected chi connectivity index (χ2v) is 8.67. The van der Waals surface area contributed by atoms with E-state index < -0.39 is 5.69 Å². The summed E-state index contributed by atoms with van der Waals surface area (Å²) in [4.78, 5) is 34.2. The molecule has 0 bridgehead atoms. The molecule has 2 aromatic heterocycles. The van der Waals surface area contributed by atoms with Gasteiger partial charge in [-0.2, -0.15) is 4.98 Å². The molecule has 0 unspecified atom stereocenters. The third-order valence-electron chi connectivity index (χ3n) is 5.87. The zero-order valence-corrected chi connectivity index (χ0v) is 17.8. The van der Waals surface area contributed by atoms with E-state index in [0.717, 1.165) is 38.4 Å². The SMILES string of the molecule is CCCCCCCCn1c(N2C[C@H](C)C[C@H](C)C2)nc2c1c(=O)[nH]c(=O)n2C. The highest BCUT2D eigenvalue weighted by molar-refractivity contribution is 5.74. The molecule has 0 amide bonds. The molecule has 0 aliphatic carbocycles. The molecule has 0 saturated carbocycles. The zero-order chi connectivity index (χ0) is 20.3. The van der Waals surface area contributed by atoms with Crippen LogP contribution in [0.3, 0.4) is 0 Å². The van der Waals surface area contributed by atoms with E-state index in [-0.39, 0.29) is 5.56 Å². The Labute approximate surface area is 166 Å². The predicted molar refractivity (Wildman–Crippen MR) is 114 cm³/mol. The highest BCUT2D eigenvalue weighted by atomic mass is 16.2. The van der Waals surface area contributed by atoms with E-state index in [1.54, 1.807) is 7.05 Å². The van der Waals surface area contributed by atoms with Gasteiger partial charge in [-0.3, -0.25) is 14.3 Å². The lowest BCUT2D eigenvalue weighted by Gasteiger charge is -2.35. The van der Waals surface area contributed by atoms with Gasteiger partial charge in [0, 0.05) is 26.7 Å². The Kier molecular flexibility index (Phi) is 6.62. The van der Waals surface area contributed by atoms with Crippen LogP contribution < -0.4 is 16.1 Å². The van der Waals surface area contributed by atoms with Crippen molar-refractivity contribution in [3.8, 4) is 0 Å². The minimum atomic E-state index is -0.409. The maximum absolute atomic E-state index is 12.6. The largest absolute Gasteiger partial charge is 0.342 e. The van der Waals surface area contributed by atoms with Crippen molar-refractivity contribution in [3.05, 3.63) is 20.8 Å². The number of hydrogen-bond donors (Lipinski definition) is 1. The molecule has 1 fully saturated rings. The molecule has 28 heavy (non-hydrogen) atoms. The monoisotopic (exact) mass is 389 g/mol. The molecule has 0 spiro atoms. The highest BCUT2D eigenvalue weighted by Gasteiger charge is 2.27. The van der Waals surface area contributed by atoms with Crippen molar-refractivity contribution in [3.63, 3.8) is 0 Å². The number of unbranched alkanes of at least 4 members (excludes halogenated alkanes) is 5. The summed E-state index contributed by atoms with van der Waals surface area (Å²) < 4.78 is 3.51. The van der Waals surface area contributed by atoms with Gasteiger partial charge in [-0.05, 0) is 24.7 Å². The average Bonchev–Trinajstić information content (AvgIpc) is 3.02. The number of imidazole rings is 1. The number of piperidine rings is 1. The van der Waals surface area contributed by atoms with E-state index in [1.165, 1.54) is 36.7 Å². The van der Waals surface area contributed by atoms with E-state index in [0.29, 0.717) is 23.0 Å². The van der Waals surface area contributed by atoms with E-state index in [4.69, 9.17) is 4.98 Å². The summed E-state index contributed by atoms with van der Waals surface area (Å²) in [5, 5.41) is 0. The predicted octanol–water partition coefficient (Wildman–Crippen LogP) is 3.27. The Balaban J connectivity index is 1.94. The molecule has 1 N–H and O–H groups in total. The smallest absolute Gasteiger partial charge is 0.329 e. The number of rotatable bonds is 8. The van der Waals surface area contributed by atoms with Gasteiger partial charge in [0.2, 0.25) is 5.95 Å². The van der Waals surface area contributed by atoms with Crippen LogP contribution in [0, 0.1) is 11.8 Å². The number of aromatic amines is 1. The van der Waals surface area contributed by atoms with Crippen LogP contribution in [0.2, 0.25) is 0 Å². The van der Waals surface area contributed by atoms with Gasteiger partial charge >= 0.3 is 5.69 Å². The van der Waals surface area contributed by atoms with Gasteiger partial charge in [0.15, 0.2) is 11.2 Å². The zero-order valence-electron chi connectivity index (χ0n) is 17.8. The molecular formula is C21H35N5O2. The molecule has 3 heterocycles. The Morgan fingerprint density at radius 1 is 1.04 bits per heavy atom. The normalized spacial score (nSPS) is 20.2. The summed E-state index contributed by atoms with van der Waals surface area (Å²) in [5.74, 6) is 2.02. The van der Waals surface area contributed by atoms with Crippen LogP contribution in [0.5, 0.6) is 0 Å². The van der Waals surface area contributed by atoms with Gasteiger partial charge in [-0.15, -0.1) is 0 Å². The lowest BCUT2D eigenvalue weighted by molar-refractivity contribution is 0.351. The van der Waals surface area contributed by atoms with Gasteiger partial charge in [0.05, 0.1) is 0 Å². The molecule has 1 aliphatic rings. The summed E-state index contributed by atoms with van der Waals surface area (Å²) in [6, 6.07) is 0. The second kappa shape index (κ2) is 8.97. The topological polar surface area (TPSA) is 75.9 Å². The molecule has 156 valence electrons. The molecule has 0 radical (unpaired) electrons. The number of fused-ring (bicyclic) bond motifs is 1. The van der Waals surface area contributed by atoms with E-state index in [9.17, 15) is 9.59 Å². The second-order valence-electron chi connectivity index (χ2n) is 8.67. The number of nitrogens with zero attached hydrogens (tertiary/aromatic N) is 4. The molecular weight excluding hydrogens is 354 g/mol. The summed E-state index contributed by atoms with van der Waals surface area (Å²) in [6.07, 6.45) is 8.40. The van der Waals surface area contributed by atoms with Crippen LogP contribution in [0.4, 0.5) is 5.95 Å². The first-order chi connectivity index (χ1) is 13.4. The lowest BCUT2D eigenvalue weighted by atomic mass is 9.92. The number of aryl methyl sites for hydroxylation is 2.